The minimum absolute atomic E-state index is 0.0483. The van der Waals surface area contributed by atoms with Crippen molar-refractivity contribution < 1.29 is 4.79 Å². The van der Waals surface area contributed by atoms with Gasteiger partial charge in [-0.05, 0) is 45.1 Å². The van der Waals surface area contributed by atoms with Crippen LogP contribution in [0.1, 0.15) is 34.8 Å². The summed E-state index contributed by atoms with van der Waals surface area (Å²) in [7, 11) is 0. The zero-order valence-corrected chi connectivity index (χ0v) is 16.5. The minimum Gasteiger partial charge on any atom is -0.301 e. The normalized spacial score (nSPS) is 13.8. The van der Waals surface area contributed by atoms with Gasteiger partial charge in [-0.1, -0.05) is 11.8 Å². The second-order valence-corrected chi connectivity index (χ2v) is 9.00. The van der Waals surface area contributed by atoms with Gasteiger partial charge in [-0.3, -0.25) is 4.79 Å². The van der Waals surface area contributed by atoms with E-state index in [4.69, 9.17) is 0 Å². The predicted molar refractivity (Wildman–Crippen MR) is 105 cm³/mol. The third kappa shape index (κ3) is 3.56. The zero-order valence-electron chi connectivity index (χ0n) is 14.1. The van der Waals surface area contributed by atoms with Gasteiger partial charge in [0, 0.05) is 15.6 Å². The molecule has 130 valence electrons. The summed E-state index contributed by atoms with van der Waals surface area (Å²) >= 11 is 4.74. The van der Waals surface area contributed by atoms with Crippen LogP contribution in [0.2, 0.25) is 0 Å². The number of thioether (sulfide) groups is 1. The maximum atomic E-state index is 12.2. The van der Waals surface area contributed by atoms with E-state index in [9.17, 15) is 4.79 Å². The molecule has 8 heteroatoms. The molecule has 0 unspecified atom stereocenters. The van der Waals surface area contributed by atoms with E-state index in [1.807, 2.05) is 19.2 Å². The molecule has 0 atom stereocenters. The summed E-state index contributed by atoms with van der Waals surface area (Å²) in [5.74, 6) is 1.05. The molecule has 1 amide bonds. The number of carbonyl (C=O) groups excluding carboxylic acids is 1. The molecule has 1 aliphatic rings. The standard InChI is InChI=1S/C17H18N4OS3/c1-9-7-24-17(18-9)21-13(22)8-23-15-14-11-5-3-4-6-12(11)25-16(14)20-10(2)19-15/h7H,3-6,8H2,1-2H3,(H,18,21,22). The number of hydrogen-bond donors (Lipinski definition) is 1. The topological polar surface area (TPSA) is 67.8 Å². The quantitative estimate of drug-likeness (QED) is 0.529. The van der Waals surface area contributed by atoms with E-state index in [2.05, 4.69) is 20.3 Å². The van der Waals surface area contributed by atoms with Gasteiger partial charge in [-0.15, -0.1) is 22.7 Å². The van der Waals surface area contributed by atoms with Gasteiger partial charge in [0.05, 0.1) is 11.4 Å². The fourth-order valence-corrected chi connectivity index (χ4v) is 6.01. The van der Waals surface area contributed by atoms with Crippen molar-refractivity contribution in [2.24, 2.45) is 0 Å². The van der Waals surface area contributed by atoms with Gasteiger partial charge in [-0.2, -0.15) is 0 Å². The van der Waals surface area contributed by atoms with Gasteiger partial charge in [0.1, 0.15) is 15.7 Å². The lowest BCUT2D eigenvalue weighted by atomic mass is 9.97. The SMILES string of the molecule is Cc1csc(NC(=O)CSc2nc(C)nc3sc4c(c23)CCCC4)n1. The lowest BCUT2D eigenvalue weighted by Gasteiger charge is -2.11. The highest BCUT2D eigenvalue weighted by molar-refractivity contribution is 8.00. The van der Waals surface area contributed by atoms with E-state index >= 15 is 0 Å². The Labute approximate surface area is 158 Å². The largest absolute Gasteiger partial charge is 0.301 e. The number of rotatable bonds is 4. The average Bonchev–Trinajstić information content (AvgIpc) is 3.15. The van der Waals surface area contributed by atoms with Gasteiger partial charge >= 0.3 is 0 Å². The summed E-state index contributed by atoms with van der Waals surface area (Å²) in [6, 6.07) is 0. The molecule has 0 aliphatic heterocycles. The highest BCUT2D eigenvalue weighted by Crippen LogP contribution is 2.39. The Hall–Kier alpha value is -1.51. The Bertz CT molecular complexity index is 947. The molecule has 3 aromatic heterocycles. The first kappa shape index (κ1) is 16.9. The molecule has 3 heterocycles. The molecular weight excluding hydrogens is 372 g/mol. The molecular formula is C17H18N4OS3. The Kier molecular flexibility index (Phi) is 4.75. The summed E-state index contributed by atoms with van der Waals surface area (Å²) in [6.07, 6.45) is 4.72. The number of amides is 1. The first-order chi connectivity index (χ1) is 12.1. The second kappa shape index (κ2) is 7.01. The summed E-state index contributed by atoms with van der Waals surface area (Å²) in [5.41, 5.74) is 2.33. The number of anilines is 1. The molecule has 5 nitrogen and oxygen atoms in total. The Morgan fingerprint density at radius 1 is 1.24 bits per heavy atom. The average molecular weight is 391 g/mol. The van der Waals surface area contributed by atoms with E-state index < -0.39 is 0 Å². The van der Waals surface area contributed by atoms with Crippen LogP contribution in [0.4, 0.5) is 5.13 Å². The van der Waals surface area contributed by atoms with Crippen molar-refractivity contribution in [3.05, 3.63) is 27.3 Å². The Balaban J connectivity index is 1.56. The van der Waals surface area contributed by atoms with Crippen molar-refractivity contribution in [1.29, 1.82) is 0 Å². The van der Waals surface area contributed by atoms with Crippen LogP contribution < -0.4 is 5.32 Å². The van der Waals surface area contributed by atoms with Crippen molar-refractivity contribution in [2.45, 2.75) is 44.6 Å². The molecule has 0 fully saturated rings. The number of thiophene rings is 1. The molecule has 0 saturated carbocycles. The Morgan fingerprint density at radius 3 is 2.88 bits per heavy atom. The van der Waals surface area contributed by atoms with Crippen LogP contribution >= 0.6 is 34.4 Å². The van der Waals surface area contributed by atoms with Crippen LogP contribution in [0, 0.1) is 13.8 Å². The first-order valence-corrected chi connectivity index (χ1v) is 10.9. The number of hydrogen-bond acceptors (Lipinski definition) is 7. The summed E-state index contributed by atoms with van der Waals surface area (Å²) in [4.78, 5) is 28.3. The molecule has 0 radical (unpaired) electrons. The lowest BCUT2D eigenvalue weighted by Crippen LogP contribution is -2.14. The molecule has 0 saturated heterocycles. The fraction of sp³-hybridized carbons (Fsp3) is 0.412. The van der Waals surface area contributed by atoms with Crippen LogP contribution in [0.3, 0.4) is 0 Å². The first-order valence-electron chi connectivity index (χ1n) is 8.24. The monoisotopic (exact) mass is 390 g/mol. The van der Waals surface area contributed by atoms with Gasteiger partial charge in [-0.25, -0.2) is 15.0 Å². The van der Waals surface area contributed by atoms with E-state index in [0.29, 0.717) is 10.9 Å². The number of thiazole rings is 1. The van der Waals surface area contributed by atoms with Crippen LogP contribution in [-0.2, 0) is 17.6 Å². The fourth-order valence-electron chi connectivity index (χ4n) is 3.03. The van der Waals surface area contributed by atoms with E-state index in [0.717, 1.165) is 34.2 Å². The number of aryl methyl sites for hydroxylation is 4. The maximum Gasteiger partial charge on any atom is 0.236 e. The predicted octanol–water partition coefficient (Wildman–Crippen LogP) is 4.37. The van der Waals surface area contributed by atoms with Gasteiger partial charge in [0.25, 0.3) is 0 Å². The molecule has 0 bridgehead atoms. The third-order valence-electron chi connectivity index (χ3n) is 4.10. The maximum absolute atomic E-state index is 12.2. The molecule has 1 N–H and O–H groups in total. The number of nitrogens with one attached hydrogen (secondary N) is 1. The van der Waals surface area contributed by atoms with Crippen LogP contribution in [0.15, 0.2) is 10.4 Å². The molecule has 0 aromatic carbocycles. The number of aromatic nitrogens is 3. The van der Waals surface area contributed by atoms with Gasteiger partial charge < -0.3 is 5.32 Å². The zero-order chi connectivity index (χ0) is 17.4. The second-order valence-electron chi connectivity index (χ2n) is 6.10. The van der Waals surface area contributed by atoms with Crippen LogP contribution in [0.5, 0.6) is 0 Å². The molecule has 0 spiro atoms. The molecule has 25 heavy (non-hydrogen) atoms. The minimum atomic E-state index is -0.0483. The lowest BCUT2D eigenvalue weighted by molar-refractivity contribution is -0.113. The summed E-state index contributed by atoms with van der Waals surface area (Å²) in [5, 5.41) is 7.55. The third-order valence-corrected chi connectivity index (χ3v) is 7.14. The molecule has 4 rings (SSSR count). The van der Waals surface area contributed by atoms with E-state index in [1.54, 1.807) is 11.3 Å². The highest BCUT2D eigenvalue weighted by Gasteiger charge is 2.21. The van der Waals surface area contributed by atoms with Crippen molar-refractivity contribution in [2.75, 3.05) is 11.1 Å². The summed E-state index contributed by atoms with van der Waals surface area (Å²) in [6.45, 7) is 3.83. The van der Waals surface area contributed by atoms with Gasteiger partial charge in [0.15, 0.2) is 5.13 Å². The Morgan fingerprint density at radius 2 is 2.08 bits per heavy atom. The van der Waals surface area contributed by atoms with Gasteiger partial charge in [0.2, 0.25) is 5.91 Å². The van der Waals surface area contributed by atoms with E-state index in [1.165, 1.54) is 51.8 Å². The highest BCUT2D eigenvalue weighted by atomic mass is 32.2. The van der Waals surface area contributed by atoms with Crippen LogP contribution in [-0.4, -0.2) is 26.6 Å². The van der Waals surface area contributed by atoms with Crippen molar-refractivity contribution in [1.82, 2.24) is 15.0 Å². The molecule has 1 aliphatic carbocycles. The smallest absolute Gasteiger partial charge is 0.236 e. The van der Waals surface area contributed by atoms with Crippen molar-refractivity contribution in [3.63, 3.8) is 0 Å². The number of fused-ring (bicyclic) bond motifs is 3. The van der Waals surface area contributed by atoms with E-state index in [-0.39, 0.29) is 5.91 Å². The summed E-state index contributed by atoms with van der Waals surface area (Å²) < 4.78 is 0. The molecule has 3 aromatic rings. The van der Waals surface area contributed by atoms with Crippen molar-refractivity contribution in [3.8, 4) is 0 Å². The number of nitrogens with zero attached hydrogens (tertiary/aromatic N) is 3. The van der Waals surface area contributed by atoms with Crippen molar-refractivity contribution >= 4 is 55.7 Å². The van der Waals surface area contributed by atoms with Crippen LogP contribution in [0.25, 0.3) is 10.2 Å². The number of carbonyl (C=O) groups is 1.